The molecule has 0 N–H and O–H groups in total. The SMILES string of the molecule is CC(CON1C(=O)CCC1=O)N1C(=O)C=CC1=O. The van der Waals surface area contributed by atoms with E-state index in [-0.39, 0.29) is 19.4 Å². The molecule has 18 heavy (non-hydrogen) atoms. The highest BCUT2D eigenvalue weighted by molar-refractivity contribution is 6.13. The van der Waals surface area contributed by atoms with Crippen molar-refractivity contribution in [1.82, 2.24) is 9.96 Å². The predicted octanol–water partition coefficient (Wildman–Crippen LogP) is -0.619. The van der Waals surface area contributed by atoms with Gasteiger partial charge in [-0.05, 0) is 6.92 Å². The molecule has 2 rings (SSSR count). The summed E-state index contributed by atoms with van der Waals surface area (Å²) in [6, 6.07) is -0.541. The van der Waals surface area contributed by atoms with Gasteiger partial charge < -0.3 is 0 Å². The average Bonchev–Trinajstić information content (AvgIpc) is 2.81. The molecule has 4 amide bonds. The highest BCUT2D eigenvalue weighted by atomic mass is 16.7. The van der Waals surface area contributed by atoms with Crippen LogP contribution >= 0.6 is 0 Å². The number of hydrogen-bond acceptors (Lipinski definition) is 5. The summed E-state index contributed by atoms with van der Waals surface area (Å²) in [6.45, 7) is 1.52. The average molecular weight is 252 g/mol. The summed E-state index contributed by atoms with van der Waals surface area (Å²) in [5.41, 5.74) is 0. The zero-order valence-corrected chi connectivity index (χ0v) is 9.79. The van der Waals surface area contributed by atoms with Gasteiger partial charge in [0.1, 0.15) is 0 Å². The van der Waals surface area contributed by atoms with Crippen LogP contribution < -0.4 is 0 Å². The molecule has 0 aromatic carbocycles. The summed E-state index contributed by atoms with van der Waals surface area (Å²) in [7, 11) is 0. The molecule has 0 aromatic heterocycles. The molecule has 1 unspecified atom stereocenters. The minimum absolute atomic E-state index is 0.0867. The second-order valence-corrected chi connectivity index (χ2v) is 4.11. The lowest BCUT2D eigenvalue weighted by Gasteiger charge is -2.23. The summed E-state index contributed by atoms with van der Waals surface area (Å²) in [6.07, 6.45) is 2.61. The molecule has 0 saturated carbocycles. The molecule has 0 bridgehead atoms. The van der Waals surface area contributed by atoms with E-state index >= 15 is 0 Å². The van der Waals surface area contributed by atoms with E-state index in [1.54, 1.807) is 6.92 Å². The highest BCUT2D eigenvalue weighted by Crippen LogP contribution is 2.14. The van der Waals surface area contributed by atoms with Crippen LogP contribution in [0, 0.1) is 0 Å². The van der Waals surface area contributed by atoms with Crippen LogP contribution in [0.1, 0.15) is 19.8 Å². The summed E-state index contributed by atoms with van der Waals surface area (Å²) in [4.78, 5) is 51.3. The van der Waals surface area contributed by atoms with Crippen molar-refractivity contribution < 1.29 is 24.0 Å². The van der Waals surface area contributed by atoms with Crippen LogP contribution in [0.25, 0.3) is 0 Å². The van der Waals surface area contributed by atoms with Crippen LogP contribution in [0.5, 0.6) is 0 Å². The maximum atomic E-state index is 11.4. The van der Waals surface area contributed by atoms with Crippen LogP contribution in [0.15, 0.2) is 12.2 Å². The van der Waals surface area contributed by atoms with Crippen molar-refractivity contribution in [2.45, 2.75) is 25.8 Å². The summed E-state index contributed by atoms with van der Waals surface area (Å²) < 4.78 is 0. The number of imide groups is 2. The molecule has 7 heteroatoms. The molecule has 96 valence electrons. The van der Waals surface area contributed by atoms with Gasteiger partial charge in [0.25, 0.3) is 23.6 Å². The first kappa shape index (κ1) is 12.4. The van der Waals surface area contributed by atoms with E-state index < -0.39 is 29.7 Å². The lowest BCUT2D eigenvalue weighted by atomic mass is 10.3. The monoisotopic (exact) mass is 252 g/mol. The molecule has 2 heterocycles. The maximum Gasteiger partial charge on any atom is 0.253 e. The Balaban J connectivity index is 1.91. The Kier molecular flexibility index (Phi) is 3.24. The van der Waals surface area contributed by atoms with Gasteiger partial charge in [-0.15, -0.1) is 0 Å². The smallest absolute Gasteiger partial charge is 0.253 e. The molecule has 1 atom stereocenters. The first-order chi connectivity index (χ1) is 8.50. The van der Waals surface area contributed by atoms with Crippen molar-refractivity contribution >= 4 is 23.6 Å². The lowest BCUT2D eigenvalue weighted by molar-refractivity contribution is -0.191. The normalized spacial score (nSPS) is 21.4. The maximum absolute atomic E-state index is 11.4. The van der Waals surface area contributed by atoms with Crippen molar-refractivity contribution in [1.29, 1.82) is 0 Å². The molecule has 2 aliphatic rings. The van der Waals surface area contributed by atoms with Gasteiger partial charge in [-0.1, -0.05) is 0 Å². The largest absolute Gasteiger partial charge is 0.272 e. The van der Waals surface area contributed by atoms with Crippen LogP contribution in [0.3, 0.4) is 0 Å². The quantitative estimate of drug-likeness (QED) is 0.623. The molecule has 0 aliphatic carbocycles. The Labute approximate surface area is 103 Å². The third kappa shape index (κ3) is 2.17. The van der Waals surface area contributed by atoms with E-state index in [9.17, 15) is 19.2 Å². The van der Waals surface area contributed by atoms with E-state index in [2.05, 4.69) is 0 Å². The van der Waals surface area contributed by atoms with Crippen LogP contribution in [0.2, 0.25) is 0 Å². The topological polar surface area (TPSA) is 84.0 Å². The van der Waals surface area contributed by atoms with Crippen molar-refractivity contribution in [3.63, 3.8) is 0 Å². The zero-order chi connectivity index (χ0) is 13.3. The van der Waals surface area contributed by atoms with Gasteiger partial charge >= 0.3 is 0 Å². The molecule has 0 aromatic rings. The number of carbonyl (C=O) groups excluding carboxylic acids is 4. The predicted molar refractivity (Wildman–Crippen MR) is 57.5 cm³/mol. The number of amides is 4. The Morgan fingerprint density at radius 1 is 1.11 bits per heavy atom. The standard InChI is InChI=1S/C11H12N2O5/c1-7(12-8(14)2-3-9(12)15)6-18-13-10(16)4-5-11(13)17/h2-3,7H,4-6H2,1H3. The minimum Gasteiger partial charge on any atom is -0.272 e. The van der Waals surface area contributed by atoms with E-state index in [0.29, 0.717) is 5.06 Å². The van der Waals surface area contributed by atoms with Gasteiger partial charge in [0, 0.05) is 25.0 Å². The van der Waals surface area contributed by atoms with Crippen LogP contribution in [0.4, 0.5) is 0 Å². The Morgan fingerprint density at radius 3 is 2.11 bits per heavy atom. The molecule has 1 saturated heterocycles. The number of nitrogens with zero attached hydrogens (tertiary/aromatic N) is 2. The molecule has 2 aliphatic heterocycles. The van der Waals surface area contributed by atoms with E-state index in [4.69, 9.17) is 4.84 Å². The highest BCUT2D eigenvalue weighted by Gasteiger charge is 2.33. The number of hydrogen-bond donors (Lipinski definition) is 0. The van der Waals surface area contributed by atoms with Crippen LogP contribution in [-0.2, 0) is 24.0 Å². The number of carbonyl (C=O) groups is 4. The molecule has 0 radical (unpaired) electrons. The minimum atomic E-state index is -0.541. The first-order valence-electron chi connectivity index (χ1n) is 5.54. The van der Waals surface area contributed by atoms with E-state index in [1.807, 2.05) is 0 Å². The zero-order valence-electron chi connectivity index (χ0n) is 9.79. The fraction of sp³-hybridized carbons (Fsp3) is 0.455. The molecular weight excluding hydrogens is 240 g/mol. The van der Waals surface area contributed by atoms with Gasteiger partial charge in [0.05, 0.1) is 12.6 Å². The van der Waals surface area contributed by atoms with Crippen LogP contribution in [-0.4, -0.2) is 46.2 Å². The van der Waals surface area contributed by atoms with Crippen molar-refractivity contribution in [3.8, 4) is 0 Å². The Hall–Kier alpha value is -2.02. The summed E-state index contributed by atoms with van der Waals surface area (Å²) in [5, 5.41) is 0.703. The Bertz CT molecular complexity index is 422. The summed E-state index contributed by atoms with van der Waals surface area (Å²) >= 11 is 0. The fourth-order valence-electron chi connectivity index (χ4n) is 1.80. The number of rotatable bonds is 4. The Morgan fingerprint density at radius 2 is 1.61 bits per heavy atom. The summed E-state index contributed by atoms with van der Waals surface area (Å²) in [5.74, 6) is -1.64. The second kappa shape index (κ2) is 4.69. The van der Waals surface area contributed by atoms with Gasteiger partial charge in [0.2, 0.25) is 0 Å². The molecule has 1 fully saturated rings. The third-order valence-corrected chi connectivity index (χ3v) is 2.73. The van der Waals surface area contributed by atoms with Crippen molar-refractivity contribution in [2.24, 2.45) is 0 Å². The van der Waals surface area contributed by atoms with E-state index in [0.717, 1.165) is 4.90 Å². The molecular formula is C11H12N2O5. The van der Waals surface area contributed by atoms with Crippen molar-refractivity contribution in [3.05, 3.63) is 12.2 Å². The number of hydroxylamine groups is 2. The van der Waals surface area contributed by atoms with E-state index in [1.165, 1.54) is 12.2 Å². The van der Waals surface area contributed by atoms with Gasteiger partial charge in [-0.2, -0.15) is 5.06 Å². The first-order valence-corrected chi connectivity index (χ1v) is 5.54. The fourth-order valence-corrected chi connectivity index (χ4v) is 1.80. The third-order valence-electron chi connectivity index (χ3n) is 2.73. The molecule has 0 spiro atoms. The van der Waals surface area contributed by atoms with Gasteiger partial charge in [-0.3, -0.25) is 28.9 Å². The lowest BCUT2D eigenvalue weighted by Crippen LogP contribution is -2.43. The molecule has 7 nitrogen and oxygen atoms in total. The van der Waals surface area contributed by atoms with Gasteiger partial charge in [0.15, 0.2) is 0 Å². The van der Waals surface area contributed by atoms with Crippen molar-refractivity contribution in [2.75, 3.05) is 6.61 Å². The van der Waals surface area contributed by atoms with Gasteiger partial charge in [-0.25, -0.2) is 0 Å². The second-order valence-electron chi connectivity index (χ2n) is 4.11.